The van der Waals surface area contributed by atoms with E-state index < -0.39 is 0 Å². The first-order valence-corrected chi connectivity index (χ1v) is 7.20. The number of ether oxygens (including phenoxy) is 1. The minimum Gasteiger partial charge on any atom is -0.463 e. The van der Waals surface area contributed by atoms with Crippen LogP contribution in [0.2, 0.25) is 0 Å². The van der Waals surface area contributed by atoms with Crippen LogP contribution in [0.5, 0.6) is 0 Å². The molecular weight excluding hydrogens is 262 g/mol. The highest BCUT2D eigenvalue weighted by Crippen LogP contribution is 2.31. The summed E-state index contributed by atoms with van der Waals surface area (Å²) in [5.41, 5.74) is 5.23. The summed E-state index contributed by atoms with van der Waals surface area (Å²) in [5, 5.41) is 0. The van der Waals surface area contributed by atoms with Crippen molar-refractivity contribution in [1.29, 1.82) is 0 Å². The number of rotatable bonds is 2. The third kappa shape index (κ3) is 2.72. The monoisotopic (exact) mass is 279 g/mol. The Labute approximate surface area is 124 Å². The summed E-state index contributed by atoms with van der Waals surface area (Å²) in [6.45, 7) is 2.18. The van der Waals surface area contributed by atoms with E-state index in [0.717, 1.165) is 29.7 Å². The van der Waals surface area contributed by atoms with Crippen molar-refractivity contribution in [3.8, 4) is 0 Å². The van der Waals surface area contributed by atoms with Gasteiger partial charge in [-0.2, -0.15) is 0 Å². The second-order valence-corrected chi connectivity index (χ2v) is 4.98. The summed E-state index contributed by atoms with van der Waals surface area (Å²) >= 11 is 0. The van der Waals surface area contributed by atoms with Gasteiger partial charge >= 0.3 is 5.97 Å². The number of nitrogens with zero attached hydrogens (tertiary/aromatic N) is 1. The molecule has 0 fully saturated rings. The van der Waals surface area contributed by atoms with Gasteiger partial charge in [-0.3, -0.25) is 4.98 Å². The molecule has 0 N–H and O–H groups in total. The van der Waals surface area contributed by atoms with Gasteiger partial charge in [0.1, 0.15) is 0 Å². The second-order valence-electron chi connectivity index (χ2n) is 4.98. The summed E-state index contributed by atoms with van der Waals surface area (Å²) in [4.78, 5) is 16.4. The van der Waals surface area contributed by atoms with E-state index in [2.05, 4.69) is 17.1 Å². The molecule has 0 atom stereocenters. The average Bonchev–Trinajstić information content (AvgIpc) is 2.66. The van der Waals surface area contributed by atoms with E-state index in [4.69, 9.17) is 4.74 Å². The molecule has 1 aliphatic carbocycles. The first-order valence-electron chi connectivity index (χ1n) is 7.20. The van der Waals surface area contributed by atoms with E-state index in [1.54, 1.807) is 12.3 Å². The van der Waals surface area contributed by atoms with Crippen molar-refractivity contribution in [3.63, 3.8) is 0 Å². The van der Waals surface area contributed by atoms with Gasteiger partial charge < -0.3 is 4.74 Å². The molecule has 1 aliphatic rings. The lowest BCUT2D eigenvalue weighted by Gasteiger charge is -2.10. The Morgan fingerprint density at radius 3 is 2.81 bits per heavy atom. The van der Waals surface area contributed by atoms with E-state index in [1.165, 1.54) is 11.1 Å². The Hall–Kier alpha value is -2.42. The van der Waals surface area contributed by atoms with Crippen molar-refractivity contribution in [1.82, 2.24) is 4.98 Å². The highest BCUT2D eigenvalue weighted by atomic mass is 16.5. The van der Waals surface area contributed by atoms with Crippen molar-refractivity contribution in [2.24, 2.45) is 0 Å². The molecule has 3 nitrogen and oxygen atoms in total. The Balaban J connectivity index is 2.18. The minimum atomic E-state index is -0.319. The maximum Gasteiger partial charge on any atom is 0.331 e. The predicted octanol–water partition coefficient (Wildman–Crippen LogP) is 3.18. The standard InChI is InChI=1S/C18H17NO2/c1-2-21-17(20)12-16-15-8-4-3-6-13(15)9-10-14-7-5-11-19-18(14)16/h3-8,11-12H,2,9-10H2,1H3. The average molecular weight is 279 g/mol. The maximum atomic E-state index is 11.9. The molecule has 1 aromatic heterocycles. The Morgan fingerprint density at radius 1 is 1.19 bits per heavy atom. The van der Waals surface area contributed by atoms with Crippen LogP contribution in [-0.2, 0) is 22.4 Å². The van der Waals surface area contributed by atoms with Gasteiger partial charge in [0.05, 0.1) is 12.3 Å². The molecule has 0 saturated heterocycles. The van der Waals surface area contributed by atoms with Gasteiger partial charge in [0.2, 0.25) is 0 Å². The number of esters is 1. The third-order valence-electron chi connectivity index (χ3n) is 3.67. The molecule has 3 heteroatoms. The number of benzene rings is 1. The minimum absolute atomic E-state index is 0.319. The fourth-order valence-corrected chi connectivity index (χ4v) is 2.73. The van der Waals surface area contributed by atoms with Crippen LogP contribution in [0.4, 0.5) is 0 Å². The zero-order valence-corrected chi connectivity index (χ0v) is 12.0. The van der Waals surface area contributed by atoms with Crippen LogP contribution in [0.25, 0.3) is 5.57 Å². The van der Waals surface area contributed by atoms with Crippen LogP contribution < -0.4 is 0 Å². The SMILES string of the molecule is CCOC(=O)C=C1c2ccccc2CCc2cccnc21. The van der Waals surface area contributed by atoms with Crippen LogP contribution in [0.15, 0.2) is 48.7 Å². The van der Waals surface area contributed by atoms with Crippen molar-refractivity contribution >= 4 is 11.5 Å². The quantitative estimate of drug-likeness (QED) is 0.626. The molecule has 3 rings (SSSR count). The largest absolute Gasteiger partial charge is 0.463 e. The molecular formula is C18H17NO2. The predicted molar refractivity (Wildman–Crippen MR) is 81.8 cm³/mol. The van der Waals surface area contributed by atoms with Crippen molar-refractivity contribution < 1.29 is 9.53 Å². The van der Waals surface area contributed by atoms with Crippen molar-refractivity contribution in [2.45, 2.75) is 19.8 Å². The van der Waals surface area contributed by atoms with Gasteiger partial charge in [-0.15, -0.1) is 0 Å². The van der Waals surface area contributed by atoms with Crippen molar-refractivity contribution in [3.05, 3.63) is 71.1 Å². The van der Waals surface area contributed by atoms with Crippen LogP contribution in [0.1, 0.15) is 29.3 Å². The summed E-state index contributed by atoms with van der Waals surface area (Å²) in [5.74, 6) is -0.319. The lowest BCUT2D eigenvalue weighted by atomic mass is 9.97. The molecule has 0 bridgehead atoms. The second kappa shape index (κ2) is 5.92. The molecule has 21 heavy (non-hydrogen) atoms. The van der Waals surface area contributed by atoms with Crippen molar-refractivity contribution in [2.75, 3.05) is 6.61 Å². The van der Waals surface area contributed by atoms with E-state index in [1.807, 2.05) is 31.2 Å². The van der Waals surface area contributed by atoms with Crippen LogP contribution >= 0.6 is 0 Å². The fraction of sp³-hybridized carbons (Fsp3) is 0.222. The molecule has 0 unspecified atom stereocenters. The summed E-state index contributed by atoms with van der Waals surface area (Å²) in [7, 11) is 0. The molecule has 0 aliphatic heterocycles. The zero-order valence-electron chi connectivity index (χ0n) is 12.0. The number of aryl methyl sites for hydroxylation is 2. The van der Waals surface area contributed by atoms with E-state index in [9.17, 15) is 4.79 Å². The van der Waals surface area contributed by atoms with Crippen LogP contribution in [-0.4, -0.2) is 17.6 Å². The lowest BCUT2D eigenvalue weighted by molar-refractivity contribution is -0.137. The number of hydrogen-bond acceptors (Lipinski definition) is 3. The summed E-state index contributed by atoms with van der Waals surface area (Å²) < 4.78 is 5.07. The molecule has 0 spiro atoms. The highest BCUT2D eigenvalue weighted by molar-refractivity contribution is 5.97. The van der Waals surface area contributed by atoms with Gasteiger partial charge in [-0.05, 0) is 42.5 Å². The number of fused-ring (bicyclic) bond motifs is 2. The van der Waals surface area contributed by atoms with Gasteiger partial charge in [0.25, 0.3) is 0 Å². The number of pyridine rings is 1. The normalized spacial score (nSPS) is 15.0. The van der Waals surface area contributed by atoms with Gasteiger partial charge in [0.15, 0.2) is 0 Å². The maximum absolute atomic E-state index is 11.9. The molecule has 106 valence electrons. The van der Waals surface area contributed by atoms with Gasteiger partial charge in [0, 0.05) is 17.8 Å². The molecule has 0 amide bonds. The Morgan fingerprint density at radius 2 is 1.95 bits per heavy atom. The molecule has 2 aromatic rings. The fourth-order valence-electron chi connectivity index (χ4n) is 2.73. The topological polar surface area (TPSA) is 39.2 Å². The third-order valence-corrected chi connectivity index (χ3v) is 3.67. The molecule has 1 aromatic carbocycles. The highest BCUT2D eigenvalue weighted by Gasteiger charge is 2.19. The zero-order chi connectivity index (χ0) is 14.7. The number of carbonyl (C=O) groups excluding carboxylic acids is 1. The van der Waals surface area contributed by atoms with Gasteiger partial charge in [-0.1, -0.05) is 30.3 Å². The lowest BCUT2D eigenvalue weighted by Crippen LogP contribution is -2.03. The Kier molecular flexibility index (Phi) is 3.82. The van der Waals surface area contributed by atoms with E-state index in [0.29, 0.717) is 6.61 Å². The Bertz CT molecular complexity index is 654. The summed E-state index contributed by atoms with van der Waals surface area (Å²) in [6, 6.07) is 12.2. The molecule has 0 radical (unpaired) electrons. The number of aromatic nitrogens is 1. The molecule has 0 saturated carbocycles. The number of hydrogen-bond donors (Lipinski definition) is 0. The molecule has 1 heterocycles. The van der Waals surface area contributed by atoms with Crippen LogP contribution in [0.3, 0.4) is 0 Å². The summed E-state index contributed by atoms with van der Waals surface area (Å²) in [6.07, 6.45) is 5.22. The van der Waals surface area contributed by atoms with Crippen LogP contribution in [0, 0.1) is 0 Å². The van der Waals surface area contributed by atoms with E-state index >= 15 is 0 Å². The first-order chi connectivity index (χ1) is 10.3. The smallest absolute Gasteiger partial charge is 0.331 e. The van der Waals surface area contributed by atoms with E-state index in [-0.39, 0.29) is 5.97 Å². The number of carbonyl (C=O) groups is 1. The first kappa shape index (κ1) is 13.6. The van der Waals surface area contributed by atoms with Gasteiger partial charge in [-0.25, -0.2) is 4.79 Å².